The van der Waals surface area contributed by atoms with Crippen molar-refractivity contribution in [2.45, 2.75) is 25.6 Å². The van der Waals surface area contributed by atoms with Crippen LogP contribution in [0.15, 0.2) is 14.3 Å². The van der Waals surface area contributed by atoms with Crippen molar-refractivity contribution < 1.29 is 13.2 Å². The van der Waals surface area contributed by atoms with Crippen LogP contribution in [0.4, 0.5) is 13.2 Å². The van der Waals surface area contributed by atoms with Crippen molar-refractivity contribution in [2.24, 2.45) is 0 Å². The molecule has 16 heavy (non-hydrogen) atoms. The van der Waals surface area contributed by atoms with Crippen LogP contribution < -0.4 is 5.32 Å². The zero-order valence-corrected chi connectivity index (χ0v) is 12.2. The van der Waals surface area contributed by atoms with Gasteiger partial charge in [-0.15, -0.1) is 11.3 Å². The fourth-order valence-corrected chi connectivity index (χ4v) is 3.25. The van der Waals surface area contributed by atoms with E-state index in [9.17, 15) is 13.2 Å². The van der Waals surface area contributed by atoms with E-state index in [0.717, 1.165) is 13.1 Å². The van der Waals surface area contributed by atoms with E-state index >= 15 is 0 Å². The summed E-state index contributed by atoms with van der Waals surface area (Å²) in [6, 6.07) is 1.95. The van der Waals surface area contributed by atoms with E-state index in [0.29, 0.717) is 13.1 Å². The first kappa shape index (κ1) is 14.5. The zero-order chi connectivity index (χ0) is 12.2. The minimum atomic E-state index is -4.04. The average Bonchev–Trinajstić information content (AvgIpc) is 2.44. The fraction of sp³-hybridized carbons (Fsp3) is 0.556. The lowest BCUT2D eigenvalue weighted by Crippen LogP contribution is -2.17. The van der Waals surface area contributed by atoms with Crippen LogP contribution in [0.2, 0.25) is 0 Å². The highest BCUT2D eigenvalue weighted by Gasteiger charge is 2.25. The van der Waals surface area contributed by atoms with Gasteiger partial charge in [0.2, 0.25) is 0 Å². The summed E-state index contributed by atoms with van der Waals surface area (Å²) in [5, 5.41) is 2.98. The number of thiophene rings is 1. The third-order valence-corrected chi connectivity index (χ3v) is 5.07. The molecule has 0 aliphatic heterocycles. The zero-order valence-electron chi connectivity index (χ0n) is 8.20. The van der Waals surface area contributed by atoms with Gasteiger partial charge in [0, 0.05) is 22.3 Å². The van der Waals surface area contributed by atoms with Gasteiger partial charge in [-0.3, -0.25) is 0 Å². The smallest absolute Gasteiger partial charge is 0.312 e. The van der Waals surface area contributed by atoms with E-state index in [-0.39, 0.29) is 6.42 Å². The maximum absolute atomic E-state index is 11.8. The Labute approximate surface area is 113 Å². The van der Waals surface area contributed by atoms with Gasteiger partial charge >= 0.3 is 6.18 Å². The first-order chi connectivity index (χ1) is 7.38. The standard InChI is InChI=1S/C9H10Br2F3NS/c10-7-4-6(16-8(7)11)5-15-3-1-2-9(12,13)14/h4,15H,1-3,5H2. The lowest BCUT2D eigenvalue weighted by Gasteiger charge is -2.06. The number of halogens is 5. The predicted molar refractivity (Wildman–Crippen MR) is 66.7 cm³/mol. The highest BCUT2D eigenvalue weighted by atomic mass is 79.9. The van der Waals surface area contributed by atoms with Crippen LogP contribution in [0.1, 0.15) is 17.7 Å². The van der Waals surface area contributed by atoms with Crippen molar-refractivity contribution in [3.8, 4) is 0 Å². The molecular formula is C9H10Br2F3NS. The largest absolute Gasteiger partial charge is 0.389 e. The molecule has 7 heteroatoms. The maximum atomic E-state index is 11.8. The van der Waals surface area contributed by atoms with Gasteiger partial charge in [-0.2, -0.15) is 13.2 Å². The molecule has 0 bridgehead atoms. The number of rotatable bonds is 5. The van der Waals surface area contributed by atoms with Crippen LogP contribution in [-0.4, -0.2) is 12.7 Å². The van der Waals surface area contributed by atoms with Gasteiger partial charge in [0.05, 0.1) is 3.79 Å². The molecule has 1 aromatic heterocycles. The van der Waals surface area contributed by atoms with Crippen molar-refractivity contribution in [1.82, 2.24) is 5.32 Å². The number of alkyl halides is 3. The molecule has 0 aromatic carbocycles. The van der Waals surface area contributed by atoms with Crippen LogP contribution in [0.25, 0.3) is 0 Å². The molecule has 0 aliphatic carbocycles. The number of hydrogen-bond donors (Lipinski definition) is 1. The molecule has 1 rings (SSSR count). The molecule has 0 saturated heterocycles. The molecule has 0 fully saturated rings. The summed E-state index contributed by atoms with van der Waals surface area (Å²) in [7, 11) is 0. The molecule has 0 amide bonds. The average molecular weight is 381 g/mol. The van der Waals surface area contributed by atoms with Gasteiger partial charge in [-0.25, -0.2) is 0 Å². The Morgan fingerprint density at radius 1 is 1.31 bits per heavy atom. The normalized spacial score (nSPS) is 12.1. The third-order valence-electron chi connectivity index (χ3n) is 1.81. The summed E-state index contributed by atoms with van der Waals surface area (Å²) in [6.07, 6.45) is -4.65. The summed E-state index contributed by atoms with van der Waals surface area (Å²) in [5.41, 5.74) is 0. The van der Waals surface area contributed by atoms with E-state index in [1.54, 1.807) is 11.3 Å². The minimum absolute atomic E-state index is 0.122. The van der Waals surface area contributed by atoms with E-state index in [1.165, 1.54) is 0 Å². The Morgan fingerprint density at radius 2 is 2.00 bits per heavy atom. The second kappa shape index (κ2) is 6.37. The molecule has 1 N–H and O–H groups in total. The van der Waals surface area contributed by atoms with Gasteiger partial charge in [0.15, 0.2) is 0 Å². The Balaban J connectivity index is 2.16. The second-order valence-electron chi connectivity index (χ2n) is 3.23. The maximum Gasteiger partial charge on any atom is 0.389 e. The highest BCUT2D eigenvalue weighted by Crippen LogP contribution is 2.32. The minimum Gasteiger partial charge on any atom is -0.312 e. The lowest BCUT2D eigenvalue weighted by molar-refractivity contribution is -0.135. The first-order valence-corrected chi connectivity index (χ1v) is 7.00. The molecule has 1 heterocycles. The van der Waals surface area contributed by atoms with E-state index in [2.05, 4.69) is 37.2 Å². The monoisotopic (exact) mass is 379 g/mol. The lowest BCUT2D eigenvalue weighted by atomic mass is 10.3. The van der Waals surface area contributed by atoms with Gasteiger partial charge in [-0.05, 0) is 50.9 Å². The van der Waals surface area contributed by atoms with Crippen LogP contribution in [0.3, 0.4) is 0 Å². The van der Waals surface area contributed by atoms with Crippen LogP contribution in [0.5, 0.6) is 0 Å². The van der Waals surface area contributed by atoms with Gasteiger partial charge in [0.1, 0.15) is 0 Å². The summed E-state index contributed by atoms with van der Waals surface area (Å²) in [6.45, 7) is 0.985. The van der Waals surface area contributed by atoms with Gasteiger partial charge < -0.3 is 5.32 Å². The van der Waals surface area contributed by atoms with Crippen molar-refractivity contribution >= 4 is 43.2 Å². The Morgan fingerprint density at radius 3 is 2.50 bits per heavy atom. The Hall–Kier alpha value is 0.410. The SMILES string of the molecule is FC(F)(F)CCCNCc1cc(Br)c(Br)s1. The fourth-order valence-electron chi connectivity index (χ4n) is 1.10. The molecule has 0 saturated carbocycles. The second-order valence-corrected chi connectivity index (χ2v) is 6.54. The molecule has 0 spiro atoms. The highest BCUT2D eigenvalue weighted by molar-refractivity contribution is 9.13. The molecular weight excluding hydrogens is 371 g/mol. The summed E-state index contributed by atoms with van der Waals surface area (Å²) in [5.74, 6) is 0. The summed E-state index contributed by atoms with van der Waals surface area (Å²) in [4.78, 5) is 1.09. The van der Waals surface area contributed by atoms with Crippen molar-refractivity contribution in [3.63, 3.8) is 0 Å². The third kappa shape index (κ3) is 5.65. The topological polar surface area (TPSA) is 12.0 Å². The van der Waals surface area contributed by atoms with Crippen LogP contribution in [-0.2, 0) is 6.54 Å². The quantitative estimate of drug-likeness (QED) is 0.729. The van der Waals surface area contributed by atoms with Crippen LogP contribution >= 0.6 is 43.2 Å². The molecule has 0 radical (unpaired) electrons. The van der Waals surface area contributed by atoms with E-state index in [1.807, 2.05) is 6.07 Å². The Bertz CT molecular complexity index is 318. The van der Waals surface area contributed by atoms with Crippen molar-refractivity contribution in [1.29, 1.82) is 0 Å². The number of hydrogen-bond acceptors (Lipinski definition) is 2. The summed E-state index contributed by atoms with van der Waals surface area (Å²) >= 11 is 8.27. The summed E-state index contributed by atoms with van der Waals surface area (Å²) < 4.78 is 37.4. The molecule has 1 aromatic rings. The molecule has 0 atom stereocenters. The van der Waals surface area contributed by atoms with Gasteiger partial charge in [-0.1, -0.05) is 0 Å². The first-order valence-electron chi connectivity index (χ1n) is 4.59. The number of nitrogens with one attached hydrogen (secondary N) is 1. The van der Waals surface area contributed by atoms with Crippen LogP contribution in [0, 0.1) is 0 Å². The van der Waals surface area contributed by atoms with E-state index < -0.39 is 12.6 Å². The molecule has 92 valence electrons. The van der Waals surface area contributed by atoms with E-state index in [4.69, 9.17) is 0 Å². The molecule has 0 unspecified atom stereocenters. The molecule has 0 aliphatic rings. The van der Waals surface area contributed by atoms with Crippen molar-refractivity contribution in [2.75, 3.05) is 6.54 Å². The Kier molecular flexibility index (Phi) is 5.76. The van der Waals surface area contributed by atoms with Crippen molar-refractivity contribution in [3.05, 3.63) is 19.2 Å². The van der Waals surface area contributed by atoms with Gasteiger partial charge in [0.25, 0.3) is 0 Å². The predicted octanol–water partition coefficient (Wildman–Crippen LogP) is 4.71. The molecule has 1 nitrogen and oxygen atoms in total.